The number of para-hydroxylation sites is 2. The first-order valence-electron chi connectivity index (χ1n) is 8.86. The van der Waals surface area contributed by atoms with Crippen molar-refractivity contribution >= 4 is 22.9 Å². The van der Waals surface area contributed by atoms with E-state index in [1.165, 1.54) is 19.0 Å². The topological polar surface area (TPSA) is 81.2 Å². The van der Waals surface area contributed by atoms with Crippen molar-refractivity contribution in [1.29, 1.82) is 0 Å². The fourth-order valence-corrected chi connectivity index (χ4v) is 3.07. The monoisotopic (exact) mass is 341 g/mol. The van der Waals surface area contributed by atoms with E-state index in [2.05, 4.69) is 15.3 Å². The molecule has 25 heavy (non-hydrogen) atoms. The van der Waals surface area contributed by atoms with E-state index < -0.39 is 12.1 Å². The number of fused-ring (bicyclic) bond motifs is 1. The van der Waals surface area contributed by atoms with Gasteiger partial charge in [-0.05, 0) is 31.9 Å². The highest BCUT2D eigenvalue weighted by molar-refractivity contribution is 5.92. The Labute approximate surface area is 147 Å². The number of nitrogens with zero attached hydrogens (tertiary/aromatic N) is 2. The smallest absolute Gasteiger partial charge is 0.359 e. The van der Waals surface area contributed by atoms with E-state index in [0.29, 0.717) is 11.0 Å². The second kappa shape index (κ2) is 8.05. The van der Waals surface area contributed by atoms with Crippen LogP contribution in [-0.4, -0.2) is 34.0 Å². The Morgan fingerprint density at radius 2 is 1.80 bits per heavy atom. The molecule has 6 nitrogen and oxygen atoms in total. The van der Waals surface area contributed by atoms with Crippen LogP contribution in [0.15, 0.2) is 30.5 Å². The molecular weight excluding hydrogens is 318 g/mol. The Morgan fingerprint density at radius 3 is 2.52 bits per heavy atom. The Balaban J connectivity index is 1.59. The van der Waals surface area contributed by atoms with E-state index in [1.807, 2.05) is 18.2 Å². The molecule has 1 aliphatic carbocycles. The fourth-order valence-electron chi connectivity index (χ4n) is 3.07. The van der Waals surface area contributed by atoms with Gasteiger partial charge in [-0.15, -0.1) is 0 Å². The van der Waals surface area contributed by atoms with Crippen molar-refractivity contribution in [2.45, 2.75) is 57.6 Å². The molecule has 0 spiro atoms. The molecule has 0 aliphatic heterocycles. The molecule has 1 amide bonds. The lowest BCUT2D eigenvalue weighted by atomic mass is 10.1. The number of carbonyl (C=O) groups is 2. The molecule has 1 atom stereocenters. The summed E-state index contributed by atoms with van der Waals surface area (Å²) in [6.07, 6.45) is 7.20. The zero-order valence-corrected chi connectivity index (χ0v) is 14.4. The summed E-state index contributed by atoms with van der Waals surface area (Å²) in [4.78, 5) is 33.0. The molecule has 1 fully saturated rings. The molecule has 132 valence electrons. The van der Waals surface area contributed by atoms with Crippen LogP contribution in [0.5, 0.6) is 0 Å². The van der Waals surface area contributed by atoms with Crippen molar-refractivity contribution in [3.8, 4) is 0 Å². The minimum Gasteiger partial charge on any atom is -0.448 e. The molecular formula is C19H23N3O3. The van der Waals surface area contributed by atoms with E-state index in [-0.39, 0.29) is 17.6 Å². The van der Waals surface area contributed by atoms with Gasteiger partial charge in [0.05, 0.1) is 17.2 Å². The van der Waals surface area contributed by atoms with Gasteiger partial charge in [-0.25, -0.2) is 9.78 Å². The highest BCUT2D eigenvalue weighted by Gasteiger charge is 2.23. The van der Waals surface area contributed by atoms with Crippen molar-refractivity contribution < 1.29 is 14.3 Å². The first kappa shape index (κ1) is 17.3. The number of amides is 1. The molecule has 1 aliphatic rings. The Hall–Kier alpha value is -2.50. The lowest BCUT2D eigenvalue weighted by molar-refractivity contribution is -0.129. The van der Waals surface area contributed by atoms with Gasteiger partial charge in [-0.1, -0.05) is 37.8 Å². The Kier molecular flexibility index (Phi) is 5.58. The quantitative estimate of drug-likeness (QED) is 0.683. The second-order valence-corrected chi connectivity index (χ2v) is 6.49. The van der Waals surface area contributed by atoms with Crippen LogP contribution in [0.3, 0.4) is 0 Å². The molecule has 6 heteroatoms. The van der Waals surface area contributed by atoms with Gasteiger partial charge in [0.1, 0.15) is 0 Å². The number of carbonyl (C=O) groups excluding carboxylic acids is 2. The van der Waals surface area contributed by atoms with Crippen LogP contribution in [0.4, 0.5) is 0 Å². The first-order valence-corrected chi connectivity index (χ1v) is 8.86. The van der Waals surface area contributed by atoms with E-state index in [4.69, 9.17) is 4.74 Å². The summed E-state index contributed by atoms with van der Waals surface area (Å²) in [5, 5.41) is 2.99. The van der Waals surface area contributed by atoms with Gasteiger partial charge in [-0.3, -0.25) is 9.78 Å². The fraction of sp³-hybridized carbons (Fsp3) is 0.474. The molecule has 3 rings (SSSR count). The van der Waals surface area contributed by atoms with Gasteiger partial charge in [0, 0.05) is 6.04 Å². The summed E-state index contributed by atoms with van der Waals surface area (Å²) in [6.45, 7) is 1.58. The molecule has 1 heterocycles. The maximum absolute atomic E-state index is 12.3. The van der Waals surface area contributed by atoms with Crippen molar-refractivity contribution in [2.24, 2.45) is 0 Å². The van der Waals surface area contributed by atoms with Crippen molar-refractivity contribution in [3.05, 3.63) is 36.2 Å². The van der Waals surface area contributed by atoms with Crippen LogP contribution >= 0.6 is 0 Å². The number of benzene rings is 1. The van der Waals surface area contributed by atoms with Crippen LogP contribution < -0.4 is 5.32 Å². The van der Waals surface area contributed by atoms with Crippen molar-refractivity contribution in [1.82, 2.24) is 15.3 Å². The molecule has 0 saturated heterocycles. The maximum atomic E-state index is 12.3. The van der Waals surface area contributed by atoms with Gasteiger partial charge >= 0.3 is 5.97 Å². The second-order valence-electron chi connectivity index (χ2n) is 6.49. The zero-order valence-electron chi connectivity index (χ0n) is 14.4. The molecule has 0 radical (unpaired) electrons. The predicted molar refractivity (Wildman–Crippen MR) is 94.0 cm³/mol. The number of rotatable bonds is 4. The van der Waals surface area contributed by atoms with E-state index in [0.717, 1.165) is 25.7 Å². The lowest BCUT2D eigenvalue weighted by Crippen LogP contribution is -2.41. The van der Waals surface area contributed by atoms with Crippen LogP contribution in [0, 0.1) is 0 Å². The summed E-state index contributed by atoms with van der Waals surface area (Å²) in [6, 6.07) is 7.46. The highest BCUT2D eigenvalue weighted by atomic mass is 16.5. The summed E-state index contributed by atoms with van der Waals surface area (Å²) in [5.41, 5.74) is 1.43. The summed E-state index contributed by atoms with van der Waals surface area (Å²) < 4.78 is 5.27. The van der Waals surface area contributed by atoms with Crippen LogP contribution in [0.25, 0.3) is 11.0 Å². The lowest BCUT2D eigenvalue weighted by Gasteiger charge is -2.19. The molecule has 2 aromatic rings. The summed E-state index contributed by atoms with van der Waals surface area (Å²) in [7, 11) is 0. The number of esters is 1. The average Bonchev–Trinajstić information content (AvgIpc) is 2.89. The van der Waals surface area contributed by atoms with Crippen molar-refractivity contribution in [3.63, 3.8) is 0 Å². The third-order valence-electron chi connectivity index (χ3n) is 4.51. The van der Waals surface area contributed by atoms with Crippen LogP contribution in [-0.2, 0) is 9.53 Å². The minimum absolute atomic E-state index is 0.104. The number of hydrogen-bond donors (Lipinski definition) is 1. The minimum atomic E-state index is -0.857. The summed E-state index contributed by atoms with van der Waals surface area (Å²) >= 11 is 0. The average molecular weight is 341 g/mol. The predicted octanol–water partition coefficient (Wildman–Crippen LogP) is 3.01. The maximum Gasteiger partial charge on any atom is 0.359 e. The van der Waals surface area contributed by atoms with Crippen LogP contribution in [0.1, 0.15) is 55.9 Å². The molecule has 1 saturated carbocycles. The molecule has 1 aromatic carbocycles. The summed E-state index contributed by atoms with van der Waals surface area (Å²) in [5.74, 6) is -0.893. The van der Waals surface area contributed by atoms with Gasteiger partial charge in [0.2, 0.25) is 0 Å². The molecule has 0 unspecified atom stereocenters. The zero-order chi connectivity index (χ0) is 17.6. The van der Waals surface area contributed by atoms with Crippen molar-refractivity contribution in [2.75, 3.05) is 0 Å². The van der Waals surface area contributed by atoms with Gasteiger partial charge in [-0.2, -0.15) is 0 Å². The number of aromatic nitrogens is 2. The van der Waals surface area contributed by atoms with Gasteiger partial charge in [0.15, 0.2) is 11.8 Å². The number of nitrogens with one attached hydrogen (secondary N) is 1. The molecule has 1 N–H and O–H groups in total. The Bertz CT molecular complexity index is 754. The third kappa shape index (κ3) is 4.53. The first-order chi connectivity index (χ1) is 12.1. The van der Waals surface area contributed by atoms with Crippen LogP contribution in [0.2, 0.25) is 0 Å². The normalized spacial score (nSPS) is 16.8. The highest BCUT2D eigenvalue weighted by Crippen LogP contribution is 2.17. The Morgan fingerprint density at radius 1 is 1.12 bits per heavy atom. The number of ether oxygens (including phenoxy) is 1. The molecule has 1 aromatic heterocycles. The number of hydrogen-bond acceptors (Lipinski definition) is 5. The molecule has 0 bridgehead atoms. The van der Waals surface area contributed by atoms with E-state index in [9.17, 15) is 9.59 Å². The largest absolute Gasteiger partial charge is 0.448 e. The SMILES string of the molecule is C[C@@H](OC(=O)c1cnc2ccccc2n1)C(=O)NC1CCCCCC1. The van der Waals surface area contributed by atoms with E-state index >= 15 is 0 Å². The van der Waals surface area contributed by atoms with Gasteiger partial charge < -0.3 is 10.1 Å². The third-order valence-corrected chi connectivity index (χ3v) is 4.51. The van der Waals surface area contributed by atoms with E-state index in [1.54, 1.807) is 13.0 Å². The standard InChI is InChI=1S/C19H23N3O3/c1-13(18(23)21-14-8-4-2-3-5-9-14)25-19(24)17-12-20-15-10-6-7-11-16(15)22-17/h6-7,10-14H,2-5,8-9H2,1H3,(H,21,23)/t13-/m1/s1. The van der Waals surface area contributed by atoms with Gasteiger partial charge in [0.25, 0.3) is 5.91 Å².